The van der Waals surface area contributed by atoms with Crippen LogP contribution in [-0.4, -0.2) is 191 Å². The van der Waals surface area contributed by atoms with Gasteiger partial charge in [0.05, 0.1) is 41.3 Å². The summed E-state index contributed by atoms with van der Waals surface area (Å²) in [5, 5.41) is 131. The predicted molar refractivity (Wildman–Crippen MR) is 349 cm³/mol. The Morgan fingerprint density at radius 3 is 1.90 bits per heavy atom. The van der Waals surface area contributed by atoms with Crippen LogP contribution in [0.2, 0.25) is 10.0 Å². The van der Waals surface area contributed by atoms with Gasteiger partial charge < -0.3 is 128 Å². The fourth-order valence-electron chi connectivity index (χ4n) is 12.5. The zero-order chi connectivity index (χ0) is 73.5. The summed E-state index contributed by atoms with van der Waals surface area (Å²) in [6, 6.07) is -0.679. The summed E-state index contributed by atoms with van der Waals surface area (Å²) in [7, 11) is 1.47. The number of hydrogen-bond donors (Lipinski definition) is 19. The van der Waals surface area contributed by atoms with E-state index < -0.39 is 237 Å². The number of aliphatic carboxylic acids is 1. The molecule has 0 saturated carbocycles. The third kappa shape index (κ3) is 15.8. The number of benzene rings is 5. The van der Waals surface area contributed by atoms with Crippen molar-refractivity contribution in [3.05, 3.63) is 117 Å². The quantitative estimate of drug-likeness (QED) is 0.0743. The van der Waals surface area contributed by atoms with Crippen LogP contribution in [0.25, 0.3) is 11.1 Å². The Hall–Kier alpha value is -9.20. The lowest BCUT2D eigenvalue weighted by molar-refractivity contribution is -0.333. The number of carboxylic acids is 1. The second-order valence-corrected chi connectivity index (χ2v) is 26.5. The molecule has 0 radical (unpaired) electrons. The molecule has 542 valence electrons. The van der Waals surface area contributed by atoms with E-state index in [0.29, 0.717) is 0 Å². The van der Waals surface area contributed by atoms with Gasteiger partial charge in [0.25, 0.3) is 0 Å². The van der Waals surface area contributed by atoms with E-state index in [1.165, 1.54) is 33.0 Å². The van der Waals surface area contributed by atoms with Crippen LogP contribution < -0.4 is 62.9 Å². The predicted octanol–water partition coefficient (Wildman–Crippen LogP) is 0.106. The first-order chi connectivity index (χ1) is 47.7. The van der Waals surface area contributed by atoms with Crippen molar-refractivity contribution in [1.82, 2.24) is 37.2 Å². The third-order valence-electron chi connectivity index (χ3n) is 17.8. The largest absolute Gasteiger partial charge is 0.508 e. The number of phenols is 3. The Morgan fingerprint density at radius 1 is 0.713 bits per heavy atom. The molecule has 11 bridgehead atoms. The highest BCUT2D eigenvalue weighted by atomic mass is 35.5. The fraction of sp³-hybridized carbons (Fsp3) is 0.424. The van der Waals surface area contributed by atoms with Crippen LogP contribution in [0.5, 0.6) is 46.0 Å². The first-order valence-electron chi connectivity index (χ1n) is 31.6. The minimum Gasteiger partial charge on any atom is -0.508 e. The van der Waals surface area contributed by atoms with Gasteiger partial charge in [0, 0.05) is 34.7 Å². The highest BCUT2D eigenvalue weighted by Gasteiger charge is 2.51. The van der Waals surface area contributed by atoms with Crippen molar-refractivity contribution in [3.8, 4) is 57.1 Å². The number of phenolic OH excluding ortho intramolecular Hbond substituents is 3. The monoisotopic (exact) mass is 1450 g/mol. The molecule has 0 spiro atoms. The minimum absolute atomic E-state index is 0.0975. The number of nitrogens with two attached hydrogens (primary N) is 2. The molecular formula is C66H75Cl2N9O24. The van der Waals surface area contributed by atoms with Crippen molar-refractivity contribution < 1.29 is 118 Å². The number of primary amides is 1. The van der Waals surface area contributed by atoms with Gasteiger partial charge >= 0.3 is 5.97 Å². The molecule has 0 aromatic heterocycles. The lowest BCUT2D eigenvalue weighted by Crippen LogP contribution is -2.64. The summed E-state index contributed by atoms with van der Waals surface area (Å²) in [5.41, 5.74) is 8.00. The van der Waals surface area contributed by atoms with Gasteiger partial charge in [-0.05, 0) is 110 Å². The van der Waals surface area contributed by atoms with Gasteiger partial charge in [-0.25, -0.2) is 4.79 Å². The molecule has 7 heterocycles. The van der Waals surface area contributed by atoms with Crippen molar-refractivity contribution in [2.75, 3.05) is 13.7 Å². The second-order valence-electron chi connectivity index (χ2n) is 25.7. The van der Waals surface area contributed by atoms with Crippen LogP contribution in [0.4, 0.5) is 0 Å². The number of likely N-dealkylation sites (N-methyl/N-ethyl adjacent to an activating group) is 1. The number of carboxylic acid groups (broad SMARTS) is 1. The van der Waals surface area contributed by atoms with Crippen LogP contribution in [-0.2, 0) is 52.6 Å². The van der Waals surface area contributed by atoms with Crippen molar-refractivity contribution in [3.63, 3.8) is 0 Å². The maximum Gasteiger partial charge on any atom is 0.330 e. The maximum absolute atomic E-state index is 16.0. The van der Waals surface area contributed by atoms with E-state index in [9.17, 15) is 75.0 Å². The Kier molecular flexibility index (Phi) is 22.2. The van der Waals surface area contributed by atoms with E-state index in [0.717, 1.165) is 66.7 Å². The molecule has 18 atom stereocenters. The van der Waals surface area contributed by atoms with Gasteiger partial charge in [0.1, 0.15) is 89.5 Å². The molecule has 5 aromatic rings. The fourth-order valence-corrected chi connectivity index (χ4v) is 12.9. The first-order valence-corrected chi connectivity index (χ1v) is 32.4. The van der Waals surface area contributed by atoms with Gasteiger partial charge in [-0.1, -0.05) is 55.2 Å². The zero-order valence-electron chi connectivity index (χ0n) is 54.3. The second kappa shape index (κ2) is 30.2. The molecular weight excluding hydrogens is 1370 g/mol. The number of carbonyl (C=O) groups excluding carboxylic acids is 7. The summed E-state index contributed by atoms with van der Waals surface area (Å²) < 4.78 is 38.3. The van der Waals surface area contributed by atoms with Crippen LogP contribution >= 0.6 is 23.2 Å². The summed E-state index contributed by atoms with van der Waals surface area (Å²) >= 11 is 14.1. The molecule has 5 aromatic carbocycles. The third-order valence-corrected chi connectivity index (χ3v) is 18.4. The number of rotatable bonds is 13. The van der Waals surface area contributed by atoms with Gasteiger partial charge in [0.15, 0.2) is 29.9 Å². The van der Waals surface area contributed by atoms with Gasteiger partial charge in [0.2, 0.25) is 53.4 Å². The Labute approximate surface area is 584 Å². The van der Waals surface area contributed by atoms with Crippen molar-refractivity contribution in [1.29, 1.82) is 0 Å². The molecule has 12 rings (SSSR count). The minimum atomic E-state index is -2.35. The number of nitrogens with one attached hydrogen (secondary N) is 7. The standard InChI is InChI=1S/C66H75Cl2N9O24/c1-23(2)12-34(71-5)58(88)76-49-51(83)26-7-10-38(32(67)14-26)97-40-16-28-17-41(55(40)101-65-56(54(86)53(85)42(22-78)99-65)100-44-21-66(4,70)57(87)24(3)96-44)98-39-11-8-27(15-33(39)68)52(84)50-63(93)75-48(64(94)95)31-18-29(79)19-37(81)45(31)30-13-25(6-9-36(30)80)46(60(90)77-50)74-61(91)47(28)73-59(89)35(20-43(69)82)72-62(49)92/h6-11,13-19,23-24,34-35,42,44,46-54,56-57,65,71,78-81,83-87H,12,20-22,70H2,1-5H3,(H2,69,82)(H,72,92)(H,73,89)(H,74,91)(H,75,93)(H,76,88)(H,77,90)(H,94,95)/t24-,34+,35-,42+,44-,46+,47?,48?,49?,50?,51+,52+,53+,54-,56+,57+,65-,66-/m0/s1. The van der Waals surface area contributed by atoms with E-state index in [1.54, 1.807) is 0 Å². The lowest BCUT2D eigenvalue weighted by atomic mass is 9.86. The smallest absolute Gasteiger partial charge is 0.330 e. The molecule has 0 aliphatic carbocycles. The number of amides is 7. The van der Waals surface area contributed by atoms with Crippen molar-refractivity contribution >= 4 is 70.5 Å². The zero-order valence-corrected chi connectivity index (χ0v) is 55.8. The van der Waals surface area contributed by atoms with Gasteiger partial charge in [-0.15, -0.1) is 0 Å². The summed E-state index contributed by atoms with van der Waals surface area (Å²) in [6.07, 6.45) is -18.6. The highest BCUT2D eigenvalue weighted by molar-refractivity contribution is 6.32. The summed E-state index contributed by atoms with van der Waals surface area (Å²) in [6.45, 7) is 5.66. The maximum atomic E-state index is 16.0. The average molecular weight is 1450 g/mol. The van der Waals surface area contributed by atoms with E-state index >= 15 is 14.4 Å². The molecule has 7 aliphatic rings. The number of fused-ring (bicyclic) bond motifs is 15. The van der Waals surface area contributed by atoms with Crippen molar-refractivity contribution in [2.45, 2.75) is 156 Å². The SMILES string of the molecule is CN[C@H](CC(C)C)C(=O)NC1C(=O)N[C@@H](CC(N)=O)C(=O)NC2C(=O)N[C@H]3C(=O)NC(C(=O)NC(C(=O)O)c4cc(O)cc(O)c4-c4cc3ccc4O)[C@H](O)c3ccc(c(Cl)c3)Oc3cc2cc(c3O[C@@H]2O[C@H](CO)[C@@H](O)[C@H](O)[C@H]2O[C@H]2C[C@](C)(N)[C@H](O)[C@H](C)O2)Oc2ccc(cc2Cl)[C@H]1O. The molecule has 7 amide bonds. The van der Waals surface area contributed by atoms with Crippen molar-refractivity contribution in [2.24, 2.45) is 17.4 Å². The molecule has 101 heavy (non-hydrogen) atoms. The number of hydrogen-bond acceptors (Lipinski definition) is 25. The summed E-state index contributed by atoms with van der Waals surface area (Å²) in [5.74, 6) is -16.0. The van der Waals surface area contributed by atoms with Gasteiger partial charge in [-0.2, -0.15) is 0 Å². The highest BCUT2D eigenvalue weighted by Crippen LogP contribution is 2.50. The molecule has 7 aliphatic heterocycles. The van der Waals surface area contributed by atoms with E-state index in [1.807, 2.05) is 13.8 Å². The van der Waals surface area contributed by atoms with Gasteiger partial charge in [-0.3, -0.25) is 33.6 Å². The van der Waals surface area contributed by atoms with Crippen LogP contribution in [0.1, 0.15) is 105 Å². The number of aliphatic hydroxyl groups is 6. The Bertz CT molecular complexity index is 4070. The van der Waals surface area contributed by atoms with E-state index in [-0.39, 0.29) is 46.2 Å². The van der Waals surface area contributed by atoms with Crippen LogP contribution in [0.3, 0.4) is 0 Å². The van der Waals surface area contributed by atoms with Crippen LogP contribution in [0, 0.1) is 5.92 Å². The molecule has 35 heteroatoms. The Balaban J connectivity index is 1.24. The topological polar surface area (TPSA) is 530 Å². The first kappa shape index (κ1) is 74.5. The molecule has 2 saturated heterocycles. The molecule has 21 N–H and O–H groups in total. The summed E-state index contributed by atoms with van der Waals surface area (Å²) in [4.78, 5) is 117. The Morgan fingerprint density at radius 2 is 1.32 bits per heavy atom. The average Bonchev–Trinajstić information content (AvgIpc) is 0.775. The van der Waals surface area contributed by atoms with Crippen LogP contribution in [0.15, 0.2) is 78.9 Å². The lowest BCUT2D eigenvalue weighted by Gasteiger charge is -2.47. The number of aliphatic hydroxyl groups excluding tert-OH is 6. The number of aromatic hydroxyl groups is 3. The van der Waals surface area contributed by atoms with E-state index in [4.69, 9.17) is 63.1 Å². The number of halogens is 2. The normalized spacial score (nSPS) is 29.4. The molecule has 2 fully saturated rings. The number of ether oxygens (including phenoxy) is 6. The van der Waals surface area contributed by atoms with E-state index in [2.05, 4.69) is 37.2 Å². The molecule has 4 unspecified atom stereocenters. The molecule has 33 nitrogen and oxygen atoms in total. The number of carbonyl (C=O) groups is 8.